The van der Waals surface area contributed by atoms with Crippen LogP contribution in [0.2, 0.25) is 0 Å². The highest BCUT2D eigenvalue weighted by molar-refractivity contribution is 7.10. The molecule has 3 atom stereocenters. The lowest BCUT2D eigenvalue weighted by Gasteiger charge is -2.36. The van der Waals surface area contributed by atoms with Crippen LogP contribution >= 0.6 is 11.3 Å². The van der Waals surface area contributed by atoms with Crippen molar-refractivity contribution in [1.82, 2.24) is 9.80 Å². The van der Waals surface area contributed by atoms with E-state index in [0.29, 0.717) is 6.54 Å². The summed E-state index contributed by atoms with van der Waals surface area (Å²) in [5.74, 6) is -0.411. The molecule has 1 aliphatic carbocycles. The molecule has 0 spiro atoms. The van der Waals surface area contributed by atoms with Crippen molar-refractivity contribution >= 4 is 29.1 Å². The molecular formula is C24H26N2O3S. The zero-order valence-electron chi connectivity index (χ0n) is 17.0. The van der Waals surface area contributed by atoms with Gasteiger partial charge in [-0.25, -0.2) is 0 Å². The molecule has 1 saturated heterocycles. The molecule has 2 aliphatic heterocycles. The highest BCUT2D eigenvalue weighted by atomic mass is 32.1. The average molecular weight is 423 g/mol. The van der Waals surface area contributed by atoms with Gasteiger partial charge in [0.25, 0.3) is 0 Å². The molecule has 2 fully saturated rings. The first kappa shape index (κ1) is 19.5. The van der Waals surface area contributed by atoms with Crippen molar-refractivity contribution in [2.24, 2.45) is 11.8 Å². The summed E-state index contributed by atoms with van der Waals surface area (Å²) < 4.78 is 0. The summed E-state index contributed by atoms with van der Waals surface area (Å²) in [5.41, 5.74) is 2.30. The van der Waals surface area contributed by atoms with E-state index in [4.69, 9.17) is 0 Å². The van der Waals surface area contributed by atoms with Crippen LogP contribution in [0.15, 0.2) is 41.8 Å². The Morgan fingerprint density at radius 1 is 1.00 bits per heavy atom. The maximum absolute atomic E-state index is 13.3. The van der Waals surface area contributed by atoms with Crippen LogP contribution in [-0.4, -0.2) is 40.6 Å². The van der Waals surface area contributed by atoms with Gasteiger partial charge in [-0.2, -0.15) is 0 Å². The molecule has 0 N–H and O–H groups in total. The van der Waals surface area contributed by atoms with Crippen molar-refractivity contribution in [2.45, 2.75) is 44.6 Å². The Balaban J connectivity index is 1.33. The van der Waals surface area contributed by atoms with Crippen LogP contribution in [0.25, 0.3) is 0 Å². The van der Waals surface area contributed by atoms with Gasteiger partial charge in [-0.05, 0) is 41.8 Å². The number of imide groups is 1. The number of hydrogen-bond donors (Lipinski definition) is 0. The first-order valence-electron chi connectivity index (χ1n) is 10.9. The van der Waals surface area contributed by atoms with Crippen molar-refractivity contribution in [1.29, 1.82) is 0 Å². The number of benzene rings is 1. The third-order valence-corrected chi connectivity index (χ3v) is 7.88. The summed E-state index contributed by atoms with van der Waals surface area (Å²) in [6.07, 6.45) is 4.70. The number of carbonyl (C=O) groups is 3. The second-order valence-electron chi connectivity index (χ2n) is 8.53. The molecule has 5 nitrogen and oxygen atoms in total. The van der Waals surface area contributed by atoms with Crippen LogP contribution in [0.1, 0.15) is 54.1 Å². The lowest BCUT2D eigenvalue weighted by molar-refractivity contribution is -0.141. The molecule has 1 aromatic carbocycles. The van der Waals surface area contributed by atoms with Crippen LogP contribution in [0.4, 0.5) is 0 Å². The number of fused-ring (bicyclic) bond motifs is 2. The number of rotatable bonds is 4. The summed E-state index contributed by atoms with van der Waals surface area (Å²) >= 11 is 1.75. The van der Waals surface area contributed by atoms with Gasteiger partial charge in [0.05, 0.1) is 17.9 Å². The molecule has 156 valence electrons. The highest BCUT2D eigenvalue weighted by Crippen LogP contribution is 2.39. The third-order valence-electron chi connectivity index (χ3n) is 6.88. The molecule has 3 amide bonds. The third kappa shape index (κ3) is 3.27. The van der Waals surface area contributed by atoms with Gasteiger partial charge in [-0.15, -0.1) is 11.3 Å². The zero-order chi connectivity index (χ0) is 20.7. The molecule has 6 heteroatoms. The van der Waals surface area contributed by atoms with Crippen LogP contribution in [0.5, 0.6) is 0 Å². The van der Waals surface area contributed by atoms with Gasteiger partial charge < -0.3 is 4.90 Å². The predicted molar refractivity (Wildman–Crippen MR) is 115 cm³/mol. The van der Waals surface area contributed by atoms with E-state index in [-0.39, 0.29) is 48.6 Å². The quantitative estimate of drug-likeness (QED) is 0.705. The monoisotopic (exact) mass is 422 g/mol. The molecule has 1 aromatic heterocycles. The summed E-state index contributed by atoms with van der Waals surface area (Å²) in [7, 11) is 0. The largest absolute Gasteiger partial charge is 0.331 e. The van der Waals surface area contributed by atoms with E-state index >= 15 is 0 Å². The highest BCUT2D eigenvalue weighted by Gasteiger charge is 2.48. The van der Waals surface area contributed by atoms with Crippen molar-refractivity contribution in [3.63, 3.8) is 0 Å². The molecule has 3 aliphatic rings. The minimum Gasteiger partial charge on any atom is -0.331 e. The second-order valence-corrected chi connectivity index (χ2v) is 9.53. The summed E-state index contributed by atoms with van der Waals surface area (Å²) in [5, 5.41) is 2.10. The Morgan fingerprint density at radius 3 is 2.40 bits per heavy atom. The van der Waals surface area contributed by atoms with Gasteiger partial charge >= 0.3 is 0 Å². The van der Waals surface area contributed by atoms with Crippen LogP contribution < -0.4 is 0 Å². The van der Waals surface area contributed by atoms with Gasteiger partial charge in [0, 0.05) is 24.4 Å². The van der Waals surface area contributed by atoms with Crippen LogP contribution in [0.3, 0.4) is 0 Å². The molecule has 0 unspecified atom stereocenters. The van der Waals surface area contributed by atoms with Crippen molar-refractivity contribution in [2.75, 3.05) is 13.1 Å². The predicted octanol–water partition coefficient (Wildman–Crippen LogP) is 3.79. The van der Waals surface area contributed by atoms with E-state index in [1.165, 1.54) is 15.3 Å². The summed E-state index contributed by atoms with van der Waals surface area (Å²) in [6, 6.07) is 12.1. The van der Waals surface area contributed by atoms with Gasteiger partial charge in [0.2, 0.25) is 17.7 Å². The molecule has 30 heavy (non-hydrogen) atoms. The fraction of sp³-hybridized carbons (Fsp3) is 0.458. The lowest BCUT2D eigenvalue weighted by atomic mass is 9.81. The number of thiophene rings is 1. The van der Waals surface area contributed by atoms with Crippen molar-refractivity contribution in [3.8, 4) is 0 Å². The Labute approximate surface area is 180 Å². The maximum atomic E-state index is 13.3. The fourth-order valence-corrected chi connectivity index (χ4v) is 6.29. The molecule has 2 aromatic rings. The Hall–Kier alpha value is -2.47. The van der Waals surface area contributed by atoms with E-state index in [9.17, 15) is 14.4 Å². The maximum Gasteiger partial charge on any atom is 0.233 e. The standard InChI is InChI=1S/C24H26N2O3S/c27-21(11-14-26-23(28)17-8-4-5-9-18(17)24(26)29)25-13-10-20-19(12-15-30-20)22(25)16-6-2-1-3-7-16/h1-3,6-7,12,15,17-18,22H,4-5,8-11,13-14H2/t17-,18-,22-/m0/s1. The van der Waals surface area contributed by atoms with Gasteiger partial charge in [-0.1, -0.05) is 43.2 Å². The van der Waals surface area contributed by atoms with Crippen LogP contribution in [-0.2, 0) is 20.8 Å². The smallest absolute Gasteiger partial charge is 0.233 e. The number of likely N-dealkylation sites (tertiary alicyclic amines) is 1. The van der Waals surface area contributed by atoms with Crippen molar-refractivity contribution < 1.29 is 14.4 Å². The molecule has 1 saturated carbocycles. The zero-order valence-corrected chi connectivity index (χ0v) is 17.8. The van der Waals surface area contributed by atoms with Gasteiger partial charge in [-0.3, -0.25) is 19.3 Å². The first-order valence-corrected chi connectivity index (χ1v) is 11.8. The summed E-state index contributed by atoms with van der Waals surface area (Å²) in [6.45, 7) is 0.872. The molecule has 3 heterocycles. The second kappa shape index (κ2) is 7.99. The number of nitrogens with zero attached hydrogens (tertiary/aromatic N) is 2. The molecule has 0 bridgehead atoms. The van der Waals surface area contributed by atoms with E-state index in [2.05, 4.69) is 23.6 Å². The van der Waals surface area contributed by atoms with E-state index < -0.39 is 0 Å². The molecule has 0 radical (unpaired) electrons. The minimum absolute atomic E-state index is 0.0103. The number of amides is 3. The van der Waals surface area contributed by atoms with E-state index in [1.807, 2.05) is 23.1 Å². The Bertz CT molecular complexity index is 946. The average Bonchev–Trinajstić information content (AvgIpc) is 3.35. The minimum atomic E-state index is -0.151. The number of hydrogen-bond acceptors (Lipinski definition) is 4. The SMILES string of the molecule is O=C1[C@H]2CCCC[C@@H]2C(=O)N1CCC(=O)N1CCc2sccc2[C@@H]1c1ccccc1. The first-order chi connectivity index (χ1) is 14.6. The number of carbonyl (C=O) groups excluding carboxylic acids is 3. The summed E-state index contributed by atoms with van der Waals surface area (Å²) in [4.78, 5) is 43.4. The fourth-order valence-electron chi connectivity index (χ4n) is 5.38. The van der Waals surface area contributed by atoms with Gasteiger partial charge in [0.1, 0.15) is 0 Å². The normalized spacial score (nSPS) is 25.9. The molecule has 5 rings (SSSR count). The lowest BCUT2D eigenvalue weighted by Crippen LogP contribution is -2.42. The van der Waals surface area contributed by atoms with Gasteiger partial charge in [0.15, 0.2) is 0 Å². The van der Waals surface area contributed by atoms with Crippen LogP contribution in [0, 0.1) is 11.8 Å². The van der Waals surface area contributed by atoms with Crippen molar-refractivity contribution in [3.05, 3.63) is 57.8 Å². The Morgan fingerprint density at radius 2 is 1.70 bits per heavy atom. The van der Waals surface area contributed by atoms with E-state index in [1.54, 1.807) is 11.3 Å². The Kier molecular flexibility index (Phi) is 5.19. The van der Waals surface area contributed by atoms with E-state index in [0.717, 1.165) is 37.7 Å². The molecular weight excluding hydrogens is 396 g/mol. The topological polar surface area (TPSA) is 57.7 Å².